The van der Waals surface area contributed by atoms with Crippen molar-refractivity contribution >= 4 is 35.2 Å². The average Bonchev–Trinajstić information content (AvgIpc) is 2.88. The van der Waals surface area contributed by atoms with Gasteiger partial charge in [-0.25, -0.2) is 29.5 Å². The third kappa shape index (κ3) is 5.53. The van der Waals surface area contributed by atoms with Gasteiger partial charge in [0.1, 0.15) is 22.9 Å². The van der Waals surface area contributed by atoms with Crippen molar-refractivity contribution in [2.24, 2.45) is 0 Å². The fraction of sp³-hybridized carbons (Fsp3) is 0.125. The van der Waals surface area contributed by atoms with E-state index in [2.05, 4.69) is 35.6 Å². The molecule has 0 radical (unpaired) electrons. The summed E-state index contributed by atoms with van der Waals surface area (Å²) in [6.45, 7) is 1.86. The first-order chi connectivity index (χ1) is 17.0. The Bertz CT molecular complexity index is 1380. The zero-order chi connectivity index (χ0) is 24.8. The molecular formula is C24H21N7O4. The van der Waals surface area contributed by atoms with Crippen molar-refractivity contribution in [3.63, 3.8) is 0 Å². The highest BCUT2D eigenvalue weighted by Crippen LogP contribution is 2.23. The van der Waals surface area contributed by atoms with Gasteiger partial charge in [0.2, 0.25) is 5.95 Å². The lowest BCUT2D eigenvalue weighted by atomic mass is 10.2. The predicted molar refractivity (Wildman–Crippen MR) is 128 cm³/mol. The third-order valence-electron chi connectivity index (χ3n) is 4.78. The lowest BCUT2D eigenvalue weighted by Crippen LogP contribution is -2.10. The lowest BCUT2D eigenvalue weighted by Gasteiger charge is -2.12. The van der Waals surface area contributed by atoms with Gasteiger partial charge in [-0.1, -0.05) is 6.07 Å². The Hall–Kier alpha value is -4.93. The Labute approximate surface area is 200 Å². The summed E-state index contributed by atoms with van der Waals surface area (Å²) in [5.74, 6) is 0.176. The first-order valence-electron chi connectivity index (χ1n) is 10.4. The molecule has 3 heterocycles. The van der Waals surface area contributed by atoms with Crippen LogP contribution in [0.5, 0.6) is 0 Å². The highest BCUT2D eigenvalue weighted by molar-refractivity contribution is 5.95. The average molecular weight is 471 g/mol. The van der Waals surface area contributed by atoms with Crippen molar-refractivity contribution in [2.75, 3.05) is 24.9 Å². The normalized spacial score (nSPS) is 10.4. The van der Waals surface area contributed by atoms with Crippen LogP contribution in [-0.2, 0) is 9.47 Å². The fourth-order valence-corrected chi connectivity index (χ4v) is 3.07. The SMILES string of the molecule is COC(=O)c1ccc(Nc2nccc(Nc3nc(-c4cccc(C)n4)ncc3C(=O)OC)n2)cc1. The van der Waals surface area contributed by atoms with Gasteiger partial charge in [0.05, 0.1) is 19.8 Å². The molecule has 0 aliphatic heterocycles. The maximum atomic E-state index is 12.3. The molecule has 176 valence electrons. The minimum absolute atomic E-state index is 0.135. The van der Waals surface area contributed by atoms with Crippen LogP contribution in [0.15, 0.2) is 60.9 Å². The number of nitrogens with zero attached hydrogens (tertiary/aromatic N) is 5. The molecule has 4 rings (SSSR count). The molecule has 11 heteroatoms. The summed E-state index contributed by atoms with van der Waals surface area (Å²) in [4.78, 5) is 45.7. The van der Waals surface area contributed by atoms with Crippen LogP contribution in [-0.4, -0.2) is 51.1 Å². The van der Waals surface area contributed by atoms with Gasteiger partial charge in [-0.05, 0) is 49.4 Å². The first-order valence-corrected chi connectivity index (χ1v) is 10.4. The molecule has 0 amide bonds. The van der Waals surface area contributed by atoms with Crippen LogP contribution in [0.2, 0.25) is 0 Å². The maximum Gasteiger partial charge on any atom is 0.343 e. The standard InChI is InChI=1S/C24H21N7O4/c1-14-5-4-6-18(27-14)21-26-13-17(23(33)35-3)20(31-21)29-19-11-12-25-24(30-19)28-16-9-7-15(8-10-16)22(32)34-2/h4-13H,1-3H3,(H2,25,26,28,29,30,31). The van der Waals surface area contributed by atoms with Gasteiger partial charge in [0.25, 0.3) is 0 Å². The molecule has 1 aromatic carbocycles. The van der Waals surface area contributed by atoms with Crippen molar-refractivity contribution < 1.29 is 19.1 Å². The van der Waals surface area contributed by atoms with Crippen molar-refractivity contribution in [1.82, 2.24) is 24.9 Å². The van der Waals surface area contributed by atoms with Crippen LogP contribution in [0.3, 0.4) is 0 Å². The Morgan fingerprint density at radius 3 is 2.31 bits per heavy atom. The summed E-state index contributed by atoms with van der Waals surface area (Å²) >= 11 is 0. The zero-order valence-corrected chi connectivity index (χ0v) is 19.1. The van der Waals surface area contributed by atoms with E-state index in [1.54, 1.807) is 42.6 Å². The smallest absolute Gasteiger partial charge is 0.343 e. The summed E-state index contributed by atoms with van der Waals surface area (Å²) in [7, 11) is 2.60. The number of anilines is 4. The molecule has 0 fully saturated rings. The Kier molecular flexibility index (Phi) is 6.86. The molecule has 35 heavy (non-hydrogen) atoms. The maximum absolute atomic E-state index is 12.3. The highest BCUT2D eigenvalue weighted by atomic mass is 16.5. The van der Waals surface area contributed by atoms with Crippen molar-refractivity contribution in [3.05, 3.63) is 77.7 Å². The zero-order valence-electron chi connectivity index (χ0n) is 19.1. The predicted octanol–water partition coefficient (Wildman–Crippen LogP) is 3.70. The molecule has 0 aliphatic carbocycles. The van der Waals surface area contributed by atoms with E-state index in [1.165, 1.54) is 20.4 Å². The van der Waals surface area contributed by atoms with E-state index < -0.39 is 11.9 Å². The molecule has 0 spiro atoms. The van der Waals surface area contributed by atoms with Crippen molar-refractivity contribution in [2.45, 2.75) is 6.92 Å². The summed E-state index contributed by atoms with van der Waals surface area (Å²) in [6, 6.07) is 13.8. The molecule has 3 aromatic heterocycles. The van der Waals surface area contributed by atoms with Gasteiger partial charge in [0, 0.05) is 23.8 Å². The van der Waals surface area contributed by atoms with E-state index in [9.17, 15) is 9.59 Å². The number of carbonyl (C=O) groups is 2. The number of rotatable bonds is 7. The molecule has 0 unspecified atom stereocenters. The summed E-state index contributed by atoms with van der Waals surface area (Å²) in [5, 5.41) is 6.10. The number of hydrogen-bond acceptors (Lipinski definition) is 11. The van der Waals surface area contributed by atoms with Gasteiger partial charge in [-0.3, -0.25) is 0 Å². The largest absolute Gasteiger partial charge is 0.465 e. The number of aromatic nitrogens is 5. The van der Waals surface area contributed by atoms with Gasteiger partial charge < -0.3 is 20.1 Å². The Morgan fingerprint density at radius 1 is 0.829 bits per heavy atom. The van der Waals surface area contributed by atoms with Crippen LogP contribution in [0.1, 0.15) is 26.4 Å². The monoisotopic (exact) mass is 471 g/mol. The van der Waals surface area contributed by atoms with E-state index in [0.717, 1.165) is 5.69 Å². The van der Waals surface area contributed by atoms with Crippen LogP contribution >= 0.6 is 0 Å². The number of carbonyl (C=O) groups excluding carboxylic acids is 2. The number of aryl methyl sites for hydroxylation is 1. The third-order valence-corrected chi connectivity index (χ3v) is 4.78. The summed E-state index contributed by atoms with van der Waals surface area (Å²) in [5.41, 5.74) is 2.59. The van der Waals surface area contributed by atoms with Crippen molar-refractivity contribution in [1.29, 1.82) is 0 Å². The Balaban J connectivity index is 1.60. The molecule has 0 bridgehead atoms. The molecule has 0 saturated carbocycles. The topological polar surface area (TPSA) is 141 Å². The number of esters is 2. The van der Waals surface area contributed by atoms with E-state index >= 15 is 0 Å². The van der Waals surface area contributed by atoms with Crippen molar-refractivity contribution in [3.8, 4) is 11.5 Å². The van der Waals surface area contributed by atoms with E-state index in [4.69, 9.17) is 9.47 Å². The van der Waals surface area contributed by atoms with Crippen LogP contribution < -0.4 is 10.6 Å². The minimum Gasteiger partial charge on any atom is -0.465 e. The van der Waals surface area contributed by atoms with Gasteiger partial charge in [-0.15, -0.1) is 0 Å². The number of pyridine rings is 1. The summed E-state index contributed by atoms with van der Waals surface area (Å²) in [6.07, 6.45) is 2.92. The van der Waals surface area contributed by atoms with E-state index in [0.29, 0.717) is 28.6 Å². The molecule has 0 aliphatic rings. The molecular weight excluding hydrogens is 450 g/mol. The number of ether oxygens (including phenoxy) is 2. The van der Waals surface area contributed by atoms with Crippen LogP contribution in [0.4, 0.5) is 23.3 Å². The highest BCUT2D eigenvalue weighted by Gasteiger charge is 2.17. The second-order valence-corrected chi connectivity index (χ2v) is 7.20. The number of hydrogen-bond donors (Lipinski definition) is 2. The second-order valence-electron chi connectivity index (χ2n) is 7.20. The lowest BCUT2D eigenvalue weighted by molar-refractivity contribution is 0.0592. The quantitative estimate of drug-likeness (QED) is 0.381. The van der Waals surface area contributed by atoms with Crippen LogP contribution in [0, 0.1) is 6.92 Å². The van der Waals surface area contributed by atoms with Gasteiger partial charge in [-0.2, -0.15) is 4.98 Å². The first kappa shape index (κ1) is 23.2. The molecule has 2 N–H and O–H groups in total. The Morgan fingerprint density at radius 2 is 1.60 bits per heavy atom. The van der Waals surface area contributed by atoms with Gasteiger partial charge >= 0.3 is 11.9 Å². The van der Waals surface area contributed by atoms with Crippen LogP contribution in [0.25, 0.3) is 11.5 Å². The summed E-state index contributed by atoms with van der Waals surface area (Å²) < 4.78 is 9.57. The number of nitrogens with one attached hydrogen (secondary N) is 2. The fourth-order valence-electron chi connectivity index (χ4n) is 3.07. The van der Waals surface area contributed by atoms with Gasteiger partial charge in [0.15, 0.2) is 5.82 Å². The second kappa shape index (κ2) is 10.3. The minimum atomic E-state index is -0.602. The molecule has 11 nitrogen and oxygen atoms in total. The van der Waals surface area contributed by atoms with E-state index in [1.807, 2.05) is 19.1 Å². The number of methoxy groups -OCH3 is 2. The number of benzene rings is 1. The molecule has 4 aromatic rings. The molecule has 0 saturated heterocycles. The van der Waals surface area contributed by atoms with E-state index in [-0.39, 0.29) is 17.3 Å². The molecule has 0 atom stereocenters.